The molecule has 0 saturated carbocycles. The predicted molar refractivity (Wildman–Crippen MR) is 112 cm³/mol. The van der Waals surface area contributed by atoms with Crippen molar-refractivity contribution in [3.63, 3.8) is 0 Å². The second-order valence-electron chi connectivity index (χ2n) is 7.41. The van der Waals surface area contributed by atoms with Crippen LogP contribution < -0.4 is 0 Å². The van der Waals surface area contributed by atoms with Gasteiger partial charge in [0.15, 0.2) is 0 Å². The molecule has 4 rings (SSSR count). The Morgan fingerprint density at radius 3 is 1.73 bits per heavy atom. The maximum absolute atomic E-state index is 3.55. The zero-order valence-corrected chi connectivity index (χ0v) is 18.9. The van der Waals surface area contributed by atoms with Crippen molar-refractivity contribution in [2.45, 2.75) is 47.0 Å². The second kappa shape index (κ2) is 8.49. The first-order chi connectivity index (χ1) is 12.5. The third-order valence-electron chi connectivity index (χ3n) is 4.75. The van der Waals surface area contributed by atoms with Gasteiger partial charge in [0.05, 0.1) is 0 Å². The first-order valence-electron chi connectivity index (χ1n) is 9.32. The Labute approximate surface area is 169 Å². The summed E-state index contributed by atoms with van der Waals surface area (Å²) in [6.45, 7) is 11.1. The van der Waals surface area contributed by atoms with E-state index in [2.05, 4.69) is 95.3 Å². The SMILES string of the molecule is CC1=CC[C-]=C1C1c2ccccc2-c2ccccc21.C[C](C)=[Zr]=[C](C)C. The summed E-state index contributed by atoms with van der Waals surface area (Å²) in [6.07, 6.45) is 6.79. The van der Waals surface area contributed by atoms with Gasteiger partial charge >= 0.3 is 56.4 Å². The van der Waals surface area contributed by atoms with Gasteiger partial charge in [0.25, 0.3) is 0 Å². The summed E-state index contributed by atoms with van der Waals surface area (Å²) in [6, 6.07) is 17.6. The molecule has 0 aromatic heterocycles. The Morgan fingerprint density at radius 2 is 1.35 bits per heavy atom. The Kier molecular flexibility index (Phi) is 6.30. The summed E-state index contributed by atoms with van der Waals surface area (Å²) in [4.78, 5) is 0. The topological polar surface area (TPSA) is 0 Å². The molecule has 2 aromatic rings. The van der Waals surface area contributed by atoms with Crippen LogP contribution in [0.1, 0.15) is 58.1 Å². The van der Waals surface area contributed by atoms with Crippen molar-refractivity contribution in [2.75, 3.05) is 0 Å². The summed E-state index contributed by atoms with van der Waals surface area (Å²) >= 11 is -0.128. The van der Waals surface area contributed by atoms with Gasteiger partial charge in [-0.3, -0.25) is 6.08 Å². The predicted octanol–water partition coefficient (Wildman–Crippen LogP) is 6.37. The van der Waals surface area contributed by atoms with Gasteiger partial charge in [0.1, 0.15) is 0 Å². The maximum atomic E-state index is 3.55. The molecule has 0 fully saturated rings. The minimum absolute atomic E-state index is 0.128. The van der Waals surface area contributed by atoms with Gasteiger partial charge in [-0.1, -0.05) is 48.5 Å². The van der Waals surface area contributed by atoms with Crippen molar-refractivity contribution >= 4 is 6.41 Å². The van der Waals surface area contributed by atoms with Gasteiger partial charge in [-0.2, -0.15) is 6.08 Å². The number of benzene rings is 2. The molecular weight excluding hydrogens is 391 g/mol. The normalized spacial score (nSPS) is 14.3. The first-order valence-corrected chi connectivity index (χ1v) is 11.8. The molecule has 0 bridgehead atoms. The fourth-order valence-corrected chi connectivity index (χ4v) is 6.32. The molecule has 0 N–H and O–H groups in total. The molecule has 0 saturated heterocycles. The summed E-state index contributed by atoms with van der Waals surface area (Å²) in [5.41, 5.74) is 8.39. The van der Waals surface area contributed by atoms with Crippen LogP contribution in [0.25, 0.3) is 11.1 Å². The van der Waals surface area contributed by atoms with Crippen LogP contribution in [0.15, 0.2) is 65.8 Å². The number of rotatable bonds is 1. The molecule has 0 atom stereocenters. The summed E-state index contributed by atoms with van der Waals surface area (Å²) in [5.74, 6) is 0.381. The van der Waals surface area contributed by atoms with E-state index in [1.54, 1.807) is 6.41 Å². The number of fused-ring (bicyclic) bond motifs is 3. The zero-order chi connectivity index (χ0) is 18.7. The van der Waals surface area contributed by atoms with Crippen LogP contribution in [-0.2, 0) is 22.3 Å². The number of hydrogen-bond acceptors (Lipinski definition) is 0. The third kappa shape index (κ3) is 4.10. The average molecular weight is 419 g/mol. The molecule has 26 heavy (non-hydrogen) atoms. The quantitative estimate of drug-likeness (QED) is 0.472. The summed E-state index contributed by atoms with van der Waals surface area (Å²) in [5, 5.41) is 0. The van der Waals surface area contributed by atoms with Gasteiger partial charge in [-0.25, -0.2) is 11.1 Å². The van der Waals surface area contributed by atoms with Crippen molar-refractivity contribution in [1.82, 2.24) is 0 Å². The van der Waals surface area contributed by atoms with Gasteiger partial charge in [0.2, 0.25) is 0 Å². The van der Waals surface area contributed by atoms with E-state index in [4.69, 9.17) is 0 Å². The second-order valence-corrected chi connectivity index (χ2v) is 12.9. The molecule has 0 aliphatic heterocycles. The van der Waals surface area contributed by atoms with E-state index in [0.29, 0.717) is 5.92 Å². The molecule has 0 heterocycles. The van der Waals surface area contributed by atoms with E-state index in [-0.39, 0.29) is 22.3 Å². The van der Waals surface area contributed by atoms with Crippen molar-refractivity contribution in [3.05, 3.63) is 83.0 Å². The molecule has 2 aliphatic carbocycles. The van der Waals surface area contributed by atoms with Crippen molar-refractivity contribution < 1.29 is 22.3 Å². The van der Waals surface area contributed by atoms with E-state index in [0.717, 1.165) is 6.42 Å². The molecule has 0 radical (unpaired) electrons. The van der Waals surface area contributed by atoms with Gasteiger partial charge in [-0.15, -0.1) is 13.3 Å². The Morgan fingerprint density at radius 1 is 0.846 bits per heavy atom. The van der Waals surface area contributed by atoms with Crippen LogP contribution in [0.4, 0.5) is 0 Å². The Bertz CT molecular complexity index is 884. The molecule has 0 nitrogen and oxygen atoms in total. The molecule has 2 aromatic carbocycles. The van der Waals surface area contributed by atoms with Crippen LogP contribution in [0.3, 0.4) is 0 Å². The fraction of sp³-hybridized carbons (Fsp3) is 0.280. The molecule has 0 spiro atoms. The fourth-order valence-electron chi connectivity index (χ4n) is 3.86. The van der Waals surface area contributed by atoms with Crippen LogP contribution >= 0.6 is 0 Å². The number of hydrogen-bond donors (Lipinski definition) is 0. The van der Waals surface area contributed by atoms with Crippen LogP contribution in [0.2, 0.25) is 0 Å². The van der Waals surface area contributed by atoms with Crippen molar-refractivity contribution in [2.24, 2.45) is 0 Å². The summed E-state index contributed by atoms with van der Waals surface area (Å²) < 4.78 is 3.34. The number of allylic oxidation sites excluding steroid dienone is 4. The monoisotopic (exact) mass is 417 g/mol. The Hall–Kier alpha value is -1.46. The molecule has 2 aliphatic rings. The van der Waals surface area contributed by atoms with E-state index in [9.17, 15) is 0 Å². The van der Waals surface area contributed by atoms with E-state index in [1.165, 1.54) is 33.4 Å². The van der Waals surface area contributed by atoms with Crippen molar-refractivity contribution in [3.8, 4) is 11.1 Å². The van der Waals surface area contributed by atoms with E-state index in [1.807, 2.05) is 0 Å². The zero-order valence-electron chi connectivity index (χ0n) is 16.5. The van der Waals surface area contributed by atoms with Crippen molar-refractivity contribution in [1.29, 1.82) is 0 Å². The molecule has 1 heteroatoms. The molecule has 0 amide bonds. The molecule has 132 valence electrons. The van der Waals surface area contributed by atoms with Crippen LogP contribution in [0, 0.1) is 6.08 Å². The standard InChI is InChI=1S/C19H15.2C3H6.Zr/c1-13-7-6-12-14(13)19-17-10-4-2-8-15(17)16-9-3-5-11-18(16)19;2*1-3-2;/h2-5,7-11,19H,6H2,1H3;2*1-2H3;/q-1;;;. The minimum atomic E-state index is -0.128. The van der Waals surface area contributed by atoms with Crippen LogP contribution in [-0.4, -0.2) is 6.41 Å². The summed E-state index contributed by atoms with van der Waals surface area (Å²) in [7, 11) is 0. The molecule has 0 unspecified atom stereocenters. The van der Waals surface area contributed by atoms with Gasteiger partial charge < -0.3 is 0 Å². The Balaban J connectivity index is 0.000000242. The van der Waals surface area contributed by atoms with Gasteiger partial charge in [-0.05, 0) is 22.3 Å². The van der Waals surface area contributed by atoms with E-state index < -0.39 is 0 Å². The average Bonchev–Trinajstić information content (AvgIpc) is 3.15. The molecular formula is C25H27Zr-. The third-order valence-corrected chi connectivity index (χ3v) is 7.21. The van der Waals surface area contributed by atoms with E-state index >= 15 is 0 Å². The van der Waals surface area contributed by atoms with Crippen LogP contribution in [0.5, 0.6) is 0 Å². The van der Waals surface area contributed by atoms with Gasteiger partial charge in [0, 0.05) is 5.92 Å². The first kappa shape index (κ1) is 19.3.